The molecule has 1 unspecified atom stereocenters. The van der Waals surface area contributed by atoms with Gasteiger partial charge in [-0.3, -0.25) is 4.79 Å². The predicted octanol–water partition coefficient (Wildman–Crippen LogP) is 0.206. The van der Waals surface area contributed by atoms with Gasteiger partial charge in [-0.15, -0.1) is 0 Å². The lowest BCUT2D eigenvalue weighted by Gasteiger charge is -2.34. The molecule has 0 amide bonds. The fourth-order valence-corrected chi connectivity index (χ4v) is 2.11. The van der Waals surface area contributed by atoms with Gasteiger partial charge in [0.25, 0.3) is 0 Å². The number of carboxylic acids is 1. The van der Waals surface area contributed by atoms with Crippen molar-refractivity contribution in [2.24, 2.45) is 5.73 Å². The number of carbonyl (C=O) groups is 1. The summed E-state index contributed by atoms with van der Waals surface area (Å²) in [5.74, 6) is -0.909. The van der Waals surface area contributed by atoms with Crippen molar-refractivity contribution in [3.8, 4) is 0 Å². The van der Waals surface area contributed by atoms with Crippen LogP contribution in [0, 0.1) is 0 Å². The van der Waals surface area contributed by atoms with Crippen molar-refractivity contribution in [1.29, 1.82) is 0 Å². The van der Waals surface area contributed by atoms with E-state index in [2.05, 4.69) is 16.7 Å². The second-order valence-electron chi connectivity index (χ2n) is 5.10. The summed E-state index contributed by atoms with van der Waals surface area (Å²) in [6, 6.07) is 0. The normalized spacial score (nSPS) is 22.3. The highest BCUT2D eigenvalue weighted by atomic mass is 16.4. The van der Waals surface area contributed by atoms with Crippen LogP contribution >= 0.6 is 0 Å². The first-order valence-corrected chi connectivity index (χ1v) is 6.42. The second-order valence-corrected chi connectivity index (χ2v) is 5.10. The molecule has 1 aliphatic heterocycles. The van der Waals surface area contributed by atoms with Crippen LogP contribution in [0.5, 0.6) is 0 Å². The molecule has 0 radical (unpaired) electrons. The first-order valence-electron chi connectivity index (χ1n) is 6.42. The van der Waals surface area contributed by atoms with Crippen LogP contribution in [0.25, 0.3) is 0 Å². The zero-order valence-corrected chi connectivity index (χ0v) is 11.0. The Labute approximate surface area is 104 Å². The molecular weight excluding hydrogens is 218 g/mol. The fraction of sp³-hybridized carbons (Fsp3) is 0.917. The van der Waals surface area contributed by atoms with Crippen LogP contribution in [0.15, 0.2) is 0 Å². The lowest BCUT2D eigenvalue weighted by atomic mass is 9.97. The number of hydrogen-bond donors (Lipinski definition) is 2. The topological polar surface area (TPSA) is 69.8 Å². The maximum absolute atomic E-state index is 10.8. The molecule has 0 aliphatic carbocycles. The zero-order valence-electron chi connectivity index (χ0n) is 11.0. The lowest BCUT2D eigenvalue weighted by molar-refractivity contribution is -0.142. The number of rotatable bonds is 6. The van der Waals surface area contributed by atoms with Crippen molar-refractivity contribution in [3.63, 3.8) is 0 Å². The zero-order chi connectivity index (χ0) is 12.9. The van der Waals surface area contributed by atoms with Crippen molar-refractivity contribution < 1.29 is 9.90 Å². The van der Waals surface area contributed by atoms with Crippen molar-refractivity contribution in [3.05, 3.63) is 0 Å². The van der Waals surface area contributed by atoms with Gasteiger partial charge in [0, 0.05) is 26.2 Å². The molecule has 1 rings (SSSR count). The highest BCUT2D eigenvalue weighted by molar-refractivity contribution is 5.77. The Bertz CT molecular complexity index is 248. The number of nitrogens with zero attached hydrogens (tertiary/aromatic N) is 2. The molecule has 5 nitrogen and oxygen atoms in total. The maximum atomic E-state index is 10.8. The first-order chi connectivity index (χ1) is 7.95. The molecule has 1 atom stereocenters. The van der Waals surface area contributed by atoms with Crippen LogP contribution < -0.4 is 5.73 Å². The summed E-state index contributed by atoms with van der Waals surface area (Å²) in [4.78, 5) is 15.7. The van der Waals surface area contributed by atoms with Gasteiger partial charge in [-0.1, -0.05) is 6.92 Å². The molecule has 1 heterocycles. The number of nitrogens with two attached hydrogens (primary N) is 1. The number of hydrogen-bond acceptors (Lipinski definition) is 4. The molecule has 0 aromatic heterocycles. The Morgan fingerprint density at radius 2 is 1.82 bits per heavy atom. The van der Waals surface area contributed by atoms with Gasteiger partial charge >= 0.3 is 5.97 Å². The van der Waals surface area contributed by atoms with Gasteiger partial charge in [-0.25, -0.2) is 0 Å². The molecule has 0 bridgehead atoms. The van der Waals surface area contributed by atoms with Crippen LogP contribution in [0.1, 0.15) is 26.7 Å². The van der Waals surface area contributed by atoms with Gasteiger partial charge in [0.15, 0.2) is 0 Å². The Balaban J connectivity index is 2.18. The second kappa shape index (κ2) is 6.33. The molecule has 100 valence electrons. The minimum Gasteiger partial charge on any atom is -0.480 e. The summed E-state index contributed by atoms with van der Waals surface area (Å²) in [5.41, 5.74) is 4.61. The largest absolute Gasteiger partial charge is 0.480 e. The van der Waals surface area contributed by atoms with E-state index in [0.717, 1.165) is 45.7 Å². The van der Waals surface area contributed by atoms with Gasteiger partial charge < -0.3 is 20.6 Å². The third-order valence-electron chi connectivity index (χ3n) is 3.57. The van der Waals surface area contributed by atoms with E-state index >= 15 is 0 Å². The molecule has 0 aromatic rings. The van der Waals surface area contributed by atoms with E-state index in [1.807, 2.05) is 0 Å². The molecule has 1 fully saturated rings. The van der Waals surface area contributed by atoms with Gasteiger partial charge in [0.1, 0.15) is 5.54 Å². The first kappa shape index (κ1) is 14.4. The molecule has 1 saturated heterocycles. The fourth-order valence-electron chi connectivity index (χ4n) is 2.11. The van der Waals surface area contributed by atoms with E-state index in [-0.39, 0.29) is 0 Å². The van der Waals surface area contributed by atoms with Gasteiger partial charge in [0.05, 0.1) is 0 Å². The quantitative estimate of drug-likeness (QED) is 0.698. The summed E-state index contributed by atoms with van der Waals surface area (Å²) in [7, 11) is 0. The molecule has 0 saturated carbocycles. The molecule has 0 spiro atoms. The Morgan fingerprint density at radius 3 is 2.29 bits per heavy atom. The van der Waals surface area contributed by atoms with E-state index in [0.29, 0.717) is 6.42 Å². The van der Waals surface area contributed by atoms with Gasteiger partial charge in [-0.2, -0.15) is 0 Å². The van der Waals surface area contributed by atoms with E-state index < -0.39 is 11.5 Å². The standard InChI is InChI=1S/C12H25N3O2/c1-3-14-7-9-15(10-8-14)6-4-5-12(2,13)11(16)17/h3-10,13H2,1-2H3,(H,16,17). The van der Waals surface area contributed by atoms with E-state index in [1.54, 1.807) is 6.92 Å². The maximum Gasteiger partial charge on any atom is 0.323 e. The average molecular weight is 243 g/mol. The van der Waals surface area contributed by atoms with Crippen molar-refractivity contribution >= 4 is 5.97 Å². The highest BCUT2D eigenvalue weighted by Crippen LogP contribution is 2.10. The minimum atomic E-state index is -1.08. The van der Waals surface area contributed by atoms with Crippen molar-refractivity contribution in [1.82, 2.24) is 9.80 Å². The summed E-state index contributed by atoms with van der Waals surface area (Å²) < 4.78 is 0. The lowest BCUT2D eigenvalue weighted by Crippen LogP contribution is -2.48. The van der Waals surface area contributed by atoms with Crippen molar-refractivity contribution in [2.75, 3.05) is 39.3 Å². The van der Waals surface area contributed by atoms with E-state index in [4.69, 9.17) is 10.8 Å². The molecular formula is C12H25N3O2. The highest BCUT2D eigenvalue weighted by Gasteiger charge is 2.27. The Morgan fingerprint density at radius 1 is 1.29 bits per heavy atom. The Hall–Kier alpha value is -0.650. The third-order valence-corrected chi connectivity index (χ3v) is 3.57. The summed E-state index contributed by atoms with van der Waals surface area (Å²) in [6.45, 7) is 10.3. The predicted molar refractivity (Wildman–Crippen MR) is 68.0 cm³/mol. The Kier molecular flexibility index (Phi) is 5.36. The number of likely N-dealkylation sites (N-methyl/N-ethyl adjacent to an activating group) is 1. The average Bonchev–Trinajstić information content (AvgIpc) is 2.29. The molecule has 0 aromatic carbocycles. The van der Waals surface area contributed by atoms with Gasteiger partial charge in [-0.05, 0) is 32.9 Å². The SMILES string of the molecule is CCN1CCN(CCCC(C)(N)C(=O)O)CC1. The van der Waals surface area contributed by atoms with Crippen LogP contribution in [-0.2, 0) is 4.79 Å². The smallest absolute Gasteiger partial charge is 0.323 e. The third kappa shape index (κ3) is 4.61. The van der Waals surface area contributed by atoms with Crippen LogP contribution in [-0.4, -0.2) is 65.7 Å². The minimum absolute atomic E-state index is 0.538. The summed E-state index contributed by atoms with van der Waals surface area (Å²) in [5, 5.41) is 8.90. The van der Waals surface area contributed by atoms with Crippen LogP contribution in [0.4, 0.5) is 0 Å². The number of piperazine rings is 1. The number of aliphatic carboxylic acids is 1. The number of carboxylic acid groups (broad SMARTS) is 1. The van der Waals surface area contributed by atoms with E-state index in [9.17, 15) is 4.79 Å². The molecule has 3 N–H and O–H groups in total. The van der Waals surface area contributed by atoms with Crippen LogP contribution in [0.3, 0.4) is 0 Å². The molecule has 5 heteroatoms. The summed E-state index contributed by atoms with van der Waals surface area (Å²) >= 11 is 0. The molecule has 17 heavy (non-hydrogen) atoms. The van der Waals surface area contributed by atoms with Gasteiger partial charge in [0.2, 0.25) is 0 Å². The molecule has 1 aliphatic rings. The summed E-state index contributed by atoms with van der Waals surface area (Å²) in [6.07, 6.45) is 1.39. The van der Waals surface area contributed by atoms with Crippen molar-refractivity contribution in [2.45, 2.75) is 32.2 Å². The van der Waals surface area contributed by atoms with E-state index in [1.165, 1.54) is 0 Å². The van der Waals surface area contributed by atoms with Crippen LogP contribution in [0.2, 0.25) is 0 Å². The monoisotopic (exact) mass is 243 g/mol.